The second-order valence-electron chi connectivity index (χ2n) is 4.89. The monoisotopic (exact) mass is 351 g/mol. The fourth-order valence-electron chi connectivity index (χ4n) is 2.09. The Morgan fingerprint density at radius 1 is 1.04 bits per heavy atom. The van der Waals surface area contributed by atoms with Crippen molar-refractivity contribution >= 4 is 28.7 Å². The van der Waals surface area contributed by atoms with Gasteiger partial charge in [0.25, 0.3) is 0 Å². The molecular formula is C17H16F3N3S. The maximum absolute atomic E-state index is 13.0. The van der Waals surface area contributed by atoms with Crippen LogP contribution in [0.2, 0.25) is 0 Å². The number of rotatable bonds is 4. The van der Waals surface area contributed by atoms with Gasteiger partial charge < -0.3 is 5.32 Å². The van der Waals surface area contributed by atoms with Crippen LogP contribution in [0.1, 0.15) is 24.5 Å². The van der Waals surface area contributed by atoms with Crippen LogP contribution in [0.15, 0.2) is 59.7 Å². The number of alkyl halides is 3. The summed E-state index contributed by atoms with van der Waals surface area (Å²) in [5, 5.41) is 6.72. The van der Waals surface area contributed by atoms with Gasteiger partial charge in [-0.1, -0.05) is 49.4 Å². The lowest BCUT2D eigenvalue weighted by Gasteiger charge is -2.14. The van der Waals surface area contributed by atoms with Crippen LogP contribution < -0.4 is 10.7 Å². The Hall–Kier alpha value is -2.41. The summed E-state index contributed by atoms with van der Waals surface area (Å²) in [7, 11) is 0. The van der Waals surface area contributed by atoms with E-state index in [0.29, 0.717) is 6.42 Å². The summed E-state index contributed by atoms with van der Waals surface area (Å²) in [6.45, 7) is 1.93. The molecule has 2 aromatic rings. The van der Waals surface area contributed by atoms with Crippen molar-refractivity contribution in [2.24, 2.45) is 5.10 Å². The van der Waals surface area contributed by atoms with Crippen molar-refractivity contribution in [2.45, 2.75) is 19.5 Å². The summed E-state index contributed by atoms with van der Waals surface area (Å²) in [5.41, 5.74) is 3.38. The molecule has 0 aliphatic heterocycles. The minimum absolute atomic E-state index is 0.00594. The summed E-state index contributed by atoms with van der Waals surface area (Å²) in [6.07, 6.45) is -3.81. The molecular weight excluding hydrogens is 335 g/mol. The van der Waals surface area contributed by atoms with E-state index in [1.165, 1.54) is 18.2 Å². The third kappa shape index (κ3) is 4.79. The molecule has 0 amide bonds. The summed E-state index contributed by atoms with van der Waals surface area (Å²) < 4.78 is 38.9. The highest BCUT2D eigenvalue weighted by molar-refractivity contribution is 7.80. The molecule has 0 spiro atoms. The minimum atomic E-state index is -4.46. The van der Waals surface area contributed by atoms with Crippen LogP contribution in [0.4, 0.5) is 18.9 Å². The fraction of sp³-hybridized carbons (Fsp3) is 0.176. The molecule has 2 N–H and O–H groups in total. The third-order valence-electron chi connectivity index (χ3n) is 3.21. The van der Waals surface area contributed by atoms with Gasteiger partial charge in [-0.05, 0) is 36.3 Å². The molecule has 0 aromatic heterocycles. The number of thiocarbonyl (C=S) groups is 1. The Labute approximate surface area is 143 Å². The molecule has 0 fully saturated rings. The van der Waals surface area contributed by atoms with Crippen molar-refractivity contribution in [1.29, 1.82) is 0 Å². The molecule has 0 heterocycles. The van der Waals surface area contributed by atoms with Gasteiger partial charge in [-0.3, -0.25) is 5.43 Å². The van der Waals surface area contributed by atoms with Crippen LogP contribution in [0, 0.1) is 0 Å². The van der Waals surface area contributed by atoms with E-state index in [0.717, 1.165) is 17.3 Å². The minimum Gasteiger partial charge on any atom is -0.331 e. The molecule has 0 atom stereocenters. The summed E-state index contributed by atoms with van der Waals surface area (Å²) in [4.78, 5) is 0. The van der Waals surface area contributed by atoms with E-state index in [1.807, 2.05) is 37.3 Å². The first-order valence-electron chi connectivity index (χ1n) is 7.27. The Kier molecular flexibility index (Phi) is 5.92. The van der Waals surface area contributed by atoms with E-state index >= 15 is 0 Å². The molecule has 0 unspecified atom stereocenters. The van der Waals surface area contributed by atoms with E-state index < -0.39 is 11.7 Å². The molecule has 2 aromatic carbocycles. The normalized spacial score (nSPS) is 11.9. The van der Waals surface area contributed by atoms with Crippen LogP contribution in [0.25, 0.3) is 0 Å². The lowest BCUT2D eigenvalue weighted by Crippen LogP contribution is -2.26. The first-order valence-corrected chi connectivity index (χ1v) is 7.68. The second kappa shape index (κ2) is 7.92. The summed E-state index contributed by atoms with van der Waals surface area (Å²) in [5.74, 6) is 0. The van der Waals surface area contributed by atoms with Gasteiger partial charge in [-0.15, -0.1) is 0 Å². The Bertz CT molecular complexity index is 727. The predicted octanol–water partition coefficient (Wildman–Crippen LogP) is 4.81. The van der Waals surface area contributed by atoms with Gasteiger partial charge in [0.15, 0.2) is 5.11 Å². The zero-order valence-electron chi connectivity index (χ0n) is 12.9. The zero-order valence-corrected chi connectivity index (χ0v) is 13.7. The number of nitrogens with zero attached hydrogens (tertiary/aromatic N) is 1. The smallest absolute Gasteiger partial charge is 0.331 e. The number of nitrogens with one attached hydrogen (secondary N) is 2. The van der Waals surface area contributed by atoms with Crippen LogP contribution >= 0.6 is 12.2 Å². The predicted molar refractivity (Wildman–Crippen MR) is 94.1 cm³/mol. The number of hydrogen-bond donors (Lipinski definition) is 2. The van der Waals surface area contributed by atoms with Crippen molar-refractivity contribution in [3.05, 3.63) is 65.7 Å². The van der Waals surface area contributed by atoms with E-state index in [4.69, 9.17) is 12.2 Å². The maximum atomic E-state index is 13.0. The Balaban J connectivity index is 2.10. The van der Waals surface area contributed by atoms with Gasteiger partial charge in [0.2, 0.25) is 0 Å². The first kappa shape index (κ1) is 17.9. The molecule has 0 bridgehead atoms. The van der Waals surface area contributed by atoms with Crippen LogP contribution in [-0.2, 0) is 6.18 Å². The standard InChI is InChI=1S/C17H16F3N3S/c1-2-14(12-8-4-3-5-9-12)22-23-16(24)21-15-11-7-6-10-13(15)17(18,19)20/h3-11H,2H2,1H3,(H2,21,23,24)/b22-14+. The molecule has 3 nitrogen and oxygen atoms in total. The van der Waals surface area contributed by atoms with E-state index in [1.54, 1.807) is 0 Å². The van der Waals surface area contributed by atoms with Gasteiger partial charge in [-0.2, -0.15) is 18.3 Å². The first-order chi connectivity index (χ1) is 11.4. The van der Waals surface area contributed by atoms with Gasteiger partial charge in [0.05, 0.1) is 17.0 Å². The van der Waals surface area contributed by atoms with Gasteiger partial charge >= 0.3 is 6.18 Å². The van der Waals surface area contributed by atoms with Crippen molar-refractivity contribution < 1.29 is 13.2 Å². The topological polar surface area (TPSA) is 36.4 Å². The second-order valence-corrected chi connectivity index (χ2v) is 5.30. The quantitative estimate of drug-likeness (QED) is 0.472. The highest BCUT2D eigenvalue weighted by atomic mass is 32.1. The molecule has 126 valence electrons. The number of benzene rings is 2. The third-order valence-corrected chi connectivity index (χ3v) is 3.41. The van der Waals surface area contributed by atoms with E-state index in [-0.39, 0.29) is 10.8 Å². The average molecular weight is 351 g/mol. The molecule has 7 heteroatoms. The van der Waals surface area contributed by atoms with Crippen molar-refractivity contribution in [3.8, 4) is 0 Å². The maximum Gasteiger partial charge on any atom is 0.418 e. The van der Waals surface area contributed by atoms with Crippen LogP contribution in [-0.4, -0.2) is 10.8 Å². The Morgan fingerprint density at radius 3 is 2.29 bits per heavy atom. The number of anilines is 1. The SMILES string of the molecule is CC/C(=N\NC(=S)Nc1ccccc1C(F)(F)F)c1ccccc1. The molecule has 0 radical (unpaired) electrons. The fourth-order valence-corrected chi connectivity index (χ4v) is 2.24. The summed E-state index contributed by atoms with van der Waals surface area (Å²) in [6, 6.07) is 14.6. The molecule has 24 heavy (non-hydrogen) atoms. The average Bonchev–Trinajstić information content (AvgIpc) is 2.56. The molecule has 0 saturated carbocycles. The largest absolute Gasteiger partial charge is 0.418 e. The lowest BCUT2D eigenvalue weighted by atomic mass is 10.1. The van der Waals surface area contributed by atoms with Crippen molar-refractivity contribution in [3.63, 3.8) is 0 Å². The van der Waals surface area contributed by atoms with Crippen LogP contribution in [0.3, 0.4) is 0 Å². The molecule has 0 aliphatic rings. The summed E-state index contributed by atoms with van der Waals surface area (Å²) >= 11 is 5.04. The van der Waals surface area contributed by atoms with E-state index in [2.05, 4.69) is 15.8 Å². The van der Waals surface area contributed by atoms with Gasteiger partial charge in [-0.25, -0.2) is 0 Å². The van der Waals surface area contributed by atoms with E-state index in [9.17, 15) is 13.2 Å². The Morgan fingerprint density at radius 2 is 1.67 bits per heavy atom. The van der Waals surface area contributed by atoms with Crippen LogP contribution in [0.5, 0.6) is 0 Å². The highest BCUT2D eigenvalue weighted by Gasteiger charge is 2.33. The number of hydrazone groups is 1. The van der Waals surface area contributed by atoms with Crippen molar-refractivity contribution in [2.75, 3.05) is 5.32 Å². The van der Waals surface area contributed by atoms with Gasteiger partial charge in [0.1, 0.15) is 0 Å². The number of para-hydroxylation sites is 1. The number of hydrogen-bond acceptors (Lipinski definition) is 2. The molecule has 0 saturated heterocycles. The van der Waals surface area contributed by atoms with Crippen molar-refractivity contribution in [1.82, 2.24) is 5.43 Å². The lowest BCUT2D eigenvalue weighted by molar-refractivity contribution is -0.136. The van der Waals surface area contributed by atoms with Gasteiger partial charge in [0, 0.05) is 0 Å². The number of halogens is 3. The highest BCUT2D eigenvalue weighted by Crippen LogP contribution is 2.34. The molecule has 0 aliphatic carbocycles. The molecule has 2 rings (SSSR count). The zero-order chi connectivity index (χ0) is 17.6.